The molecular formula is C11H4F9N. The summed E-state index contributed by atoms with van der Waals surface area (Å²) in [7, 11) is 0. The monoisotopic (exact) mass is 321 g/mol. The van der Waals surface area contributed by atoms with E-state index in [1.54, 1.807) is 0 Å². The zero-order valence-electron chi connectivity index (χ0n) is 9.71. The number of hydrogen-bond acceptors (Lipinski definition) is 1. The molecule has 0 saturated carbocycles. The third-order valence-electron chi connectivity index (χ3n) is 2.38. The fourth-order valence-corrected chi connectivity index (χ4v) is 1.65. The normalized spacial score (nSPS) is 13.1. The van der Waals surface area contributed by atoms with Crippen LogP contribution in [0.3, 0.4) is 0 Å². The predicted molar refractivity (Wildman–Crippen MR) is 50.8 cm³/mol. The van der Waals surface area contributed by atoms with E-state index >= 15 is 0 Å². The minimum Gasteiger partial charge on any atom is -0.198 e. The van der Waals surface area contributed by atoms with Crippen LogP contribution in [0.25, 0.3) is 0 Å². The van der Waals surface area contributed by atoms with Gasteiger partial charge < -0.3 is 0 Å². The van der Waals surface area contributed by atoms with Gasteiger partial charge in [-0.05, 0) is 17.7 Å². The van der Waals surface area contributed by atoms with Gasteiger partial charge >= 0.3 is 18.5 Å². The van der Waals surface area contributed by atoms with Gasteiger partial charge in [-0.3, -0.25) is 0 Å². The van der Waals surface area contributed by atoms with Gasteiger partial charge in [-0.15, -0.1) is 0 Å². The molecule has 1 aromatic carbocycles. The van der Waals surface area contributed by atoms with E-state index in [1.807, 2.05) is 0 Å². The van der Waals surface area contributed by atoms with Crippen LogP contribution in [0.4, 0.5) is 39.5 Å². The Labute approximate surface area is 111 Å². The molecule has 0 saturated heterocycles. The minimum atomic E-state index is -5.85. The van der Waals surface area contributed by atoms with Gasteiger partial charge in [0.15, 0.2) is 0 Å². The molecule has 0 aromatic heterocycles. The van der Waals surface area contributed by atoms with Crippen molar-refractivity contribution >= 4 is 0 Å². The summed E-state index contributed by atoms with van der Waals surface area (Å²) in [4.78, 5) is 0. The summed E-state index contributed by atoms with van der Waals surface area (Å²) in [5.74, 6) is 0. The number of nitriles is 1. The largest absolute Gasteiger partial charge is 0.417 e. The average molecular weight is 321 g/mol. The summed E-state index contributed by atoms with van der Waals surface area (Å²) >= 11 is 0. The second kappa shape index (κ2) is 5.13. The van der Waals surface area contributed by atoms with E-state index in [4.69, 9.17) is 5.26 Å². The lowest BCUT2D eigenvalue weighted by Gasteiger charge is -2.21. The van der Waals surface area contributed by atoms with Crippen molar-refractivity contribution in [1.29, 1.82) is 5.26 Å². The Hall–Kier alpha value is -1.92. The maximum Gasteiger partial charge on any atom is 0.417 e. The number of benzene rings is 1. The summed E-state index contributed by atoms with van der Waals surface area (Å²) < 4.78 is 114. The van der Waals surface area contributed by atoms with E-state index in [2.05, 4.69) is 0 Å². The highest BCUT2D eigenvalue weighted by molar-refractivity contribution is 5.45. The van der Waals surface area contributed by atoms with Gasteiger partial charge in [-0.1, -0.05) is 0 Å². The Bertz CT molecular complexity index is 536. The number of rotatable bonds is 1. The van der Waals surface area contributed by atoms with Gasteiger partial charge in [0.1, 0.15) is 0 Å². The highest BCUT2D eigenvalue weighted by atomic mass is 19.4. The third-order valence-corrected chi connectivity index (χ3v) is 2.38. The molecule has 0 aliphatic rings. The molecule has 0 fully saturated rings. The van der Waals surface area contributed by atoms with Crippen LogP contribution in [0.5, 0.6) is 0 Å². The average Bonchev–Trinajstić information content (AvgIpc) is 2.24. The molecule has 0 heterocycles. The van der Waals surface area contributed by atoms with Gasteiger partial charge in [-0.25, -0.2) is 0 Å². The standard InChI is InChI=1S/C11H4F9N/c12-9(13,14)6-3-5(1-2-21)4-7(10(15,16)17)8(6)11(18,19)20/h3-4H,1H2. The van der Waals surface area contributed by atoms with Crippen molar-refractivity contribution in [3.63, 3.8) is 0 Å². The van der Waals surface area contributed by atoms with Crippen LogP contribution in [-0.4, -0.2) is 0 Å². The van der Waals surface area contributed by atoms with Gasteiger partial charge in [-0.2, -0.15) is 44.8 Å². The molecule has 0 N–H and O–H groups in total. The van der Waals surface area contributed by atoms with E-state index < -0.39 is 47.2 Å². The third kappa shape index (κ3) is 3.80. The zero-order chi connectivity index (χ0) is 16.6. The van der Waals surface area contributed by atoms with Crippen molar-refractivity contribution < 1.29 is 39.5 Å². The molecule has 10 heteroatoms. The number of nitrogens with zero attached hydrogens (tertiary/aromatic N) is 1. The first-order chi connectivity index (χ1) is 9.28. The molecule has 0 unspecified atom stereocenters. The van der Waals surface area contributed by atoms with Crippen molar-refractivity contribution in [2.75, 3.05) is 0 Å². The van der Waals surface area contributed by atoms with Crippen LogP contribution in [0.2, 0.25) is 0 Å². The predicted octanol–water partition coefficient (Wildman–Crippen LogP) is 4.81. The maximum absolute atomic E-state index is 12.6. The SMILES string of the molecule is N#CCc1cc(C(F)(F)F)c(C(F)(F)F)c(C(F)(F)F)c1. The minimum absolute atomic E-state index is 0.0959. The number of alkyl halides is 9. The van der Waals surface area contributed by atoms with Crippen LogP contribution in [0, 0.1) is 11.3 Å². The molecule has 0 atom stereocenters. The van der Waals surface area contributed by atoms with Crippen molar-refractivity contribution in [1.82, 2.24) is 0 Å². The topological polar surface area (TPSA) is 23.8 Å². The number of halogens is 9. The van der Waals surface area contributed by atoms with Gasteiger partial charge in [0.2, 0.25) is 0 Å². The summed E-state index contributed by atoms with van der Waals surface area (Å²) in [6.45, 7) is 0. The smallest absolute Gasteiger partial charge is 0.198 e. The first kappa shape index (κ1) is 17.1. The van der Waals surface area contributed by atoms with E-state index in [0.29, 0.717) is 0 Å². The molecule has 0 aliphatic heterocycles. The Morgan fingerprint density at radius 3 is 1.38 bits per heavy atom. The Kier molecular flexibility index (Phi) is 4.18. The first-order valence-electron chi connectivity index (χ1n) is 5.04. The lowest BCUT2D eigenvalue weighted by Crippen LogP contribution is -2.23. The summed E-state index contributed by atoms with van der Waals surface area (Å²) in [5.41, 5.74) is -8.53. The Morgan fingerprint density at radius 1 is 0.762 bits per heavy atom. The summed E-state index contributed by atoms with van der Waals surface area (Å²) in [5, 5.41) is 8.30. The molecule has 1 nitrogen and oxygen atoms in total. The highest BCUT2D eigenvalue weighted by Crippen LogP contribution is 2.47. The molecule has 0 amide bonds. The maximum atomic E-state index is 12.6. The second-order valence-electron chi connectivity index (χ2n) is 3.89. The van der Waals surface area contributed by atoms with Crippen molar-refractivity contribution in [2.24, 2.45) is 0 Å². The molecule has 0 spiro atoms. The molecule has 0 radical (unpaired) electrons. The van der Waals surface area contributed by atoms with Gasteiger partial charge in [0, 0.05) is 0 Å². The number of hydrogen-bond donors (Lipinski definition) is 0. The first-order valence-corrected chi connectivity index (χ1v) is 5.04. The molecule has 21 heavy (non-hydrogen) atoms. The second-order valence-corrected chi connectivity index (χ2v) is 3.89. The summed E-state index contributed by atoms with van der Waals surface area (Å²) in [6, 6.07) is 1.09. The lowest BCUT2D eigenvalue weighted by molar-refractivity contribution is -0.174. The van der Waals surface area contributed by atoms with Crippen molar-refractivity contribution in [2.45, 2.75) is 24.9 Å². The van der Waals surface area contributed by atoms with Crippen LogP contribution in [0.1, 0.15) is 22.3 Å². The van der Waals surface area contributed by atoms with Crippen molar-refractivity contribution in [3.05, 3.63) is 34.4 Å². The van der Waals surface area contributed by atoms with Crippen molar-refractivity contribution in [3.8, 4) is 6.07 Å². The fourth-order valence-electron chi connectivity index (χ4n) is 1.65. The van der Waals surface area contributed by atoms with Crippen LogP contribution >= 0.6 is 0 Å². The van der Waals surface area contributed by atoms with E-state index in [-0.39, 0.29) is 12.1 Å². The highest BCUT2D eigenvalue weighted by Gasteiger charge is 2.50. The van der Waals surface area contributed by atoms with E-state index in [0.717, 1.165) is 0 Å². The zero-order valence-corrected chi connectivity index (χ0v) is 9.71. The molecule has 1 aromatic rings. The molecular weight excluding hydrogens is 317 g/mol. The lowest BCUT2D eigenvalue weighted by atomic mass is 9.95. The summed E-state index contributed by atoms with van der Waals surface area (Å²) in [6.07, 6.45) is -18.0. The quantitative estimate of drug-likeness (QED) is 0.681. The Balaban J connectivity index is 3.84. The van der Waals surface area contributed by atoms with Crippen LogP contribution < -0.4 is 0 Å². The van der Waals surface area contributed by atoms with Crippen LogP contribution in [-0.2, 0) is 24.9 Å². The fraction of sp³-hybridized carbons (Fsp3) is 0.364. The van der Waals surface area contributed by atoms with Gasteiger partial charge in [0.25, 0.3) is 0 Å². The Morgan fingerprint density at radius 2 is 1.14 bits per heavy atom. The van der Waals surface area contributed by atoms with E-state index in [9.17, 15) is 39.5 Å². The van der Waals surface area contributed by atoms with Gasteiger partial charge in [0.05, 0.1) is 29.2 Å². The van der Waals surface area contributed by atoms with E-state index in [1.165, 1.54) is 6.07 Å². The molecule has 116 valence electrons. The van der Waals surface area contributed by atoms with Crippen LogP contribution in [0.15, 0.2) is 12.1 Å². The molecule has 0 bridgehead atoms. The molecule has 0 aliphatic carbocycles. The molecule has 1 rings (SSSR count).